The van der Waals surface area contributed by atoms with Crippen molar-refractivity contribution < 1.29 is 9.47 Å². The van der Waals surface area contributed by atoms with E-state index in [9.17, 15) is 0 Å². The Hall–Kier alpha value is -0.490. The second kappa shape index (κ2) is 7.68. The number of hydrogen-bond donors (Lipinski definition) is 1. The van der Waals surface area contributed by atoms with Gasteiger partial charge in [0.05, 0.1) is 12.3 Å². The van der Waals surface area contributed by atoms with Gasteiger partial charge in [0, 0.05) is 30.7 Å². The van der Waals surface area contributed by atoms with E-state index < -0.39 is 0 Å². The Kier molecular flexibility index (Phi) is 6.78. The topological polar surface area (TPSA) is 43.4 Å². The number of aromatic nitrogens is 1. The average Bonchev–Trinajstić information content (AvgIpc) is 2.80. The fourth-order valence-electron chi connectivity index (χ4n) is 1.98. The molecule has 1 aromatic heterocycles. The van der Waals surface area contributed by atoms with Gasteiger partial charge in [-0.15, -0.1) is 11.3 Å². The highest BCUT2D eigenvalue weighted by Gasteiger charge is 2.30. The smallest absolute Gasteiger partial charge is 0.125 e. The van der Waals surface area contributed by atoms with Crippen LogP contribution in [0.2, 0.25) is 0 Å². The van der Waals surface area contributed by atoms with Crippen molar-refractivity contribution in [3.8, 4) is 0 Å². The van der Waals surface area contributed by atoms with Crippen LogP contribution in [0.3, 0.4) is 0 Å². The highest BCUT2D eigenvalue weighted by molar-refractivity contribution is 7.11. The second-order valence-corrected chi connectivity index (χ2v) is 7.53. The number of nitrogens with one attached hydrogen (secondary N) is 1. The molecular weight excluding hydrogens is 284 g/mol. The molecule has 0 fully saturated rings. The average molecular weight is 314 g/mol. The van der Waals surface area contributed by atoms with Crippen LogP contribution in [0.1, 0.15) is 63.5 Å². The molecule has 4 nitrogen and oxygen atoms in total. The molecule has 0 aliphatic rings. The predicted octanol–water partition coefficient (Wildman–Crippen LogP) is 3.84. The van der Waals surface area contributed by atoms with Crippen LogP contribution >= 0.6 is 11.3 Å². The summed E-state index contributed by atoms with van der Waals surface area (Å²) in [5, 5.41) is 4.57. The first kappa shape index (κ1) is 18.6. The van der Waals surface area contributed by atoms with E-state index in [-0.39, 0.29) is 11.1 Å². The van der Waals surface area contributed by atoms with Gasteiger partial charge in [0.2, 0.25) is 0 Å². The zero-order valence-electron chi connectivity index (χ0n) is 14.5. The van der Waals surface area contributed by atoms with Crippen molar-refractivity contribution >= 4 is 11.3 Å². The summed E-state index contributed by atoms with van der Waals surface area (Å²) >= 11 is 1.73. The van der Waals surface area contributed by atoms with E-state index in [0.717, 1.165) is 23.7 Å². The first-order valence-corrected chi connectivity index (χ1v) is 8.44. The van der Waals surface area contributed by atoms with E-state index in [1.165, 1.54) is 4.88 Å². The van der Waals surface area contributed by atoms with Crippen LogP contribution in [-0.4, -0.2) is 24.2 Å². The van der Waals surface area contributed by atoms with E-state index >= 15 is 0 Å². The van der Waals surface area contributed by atoms with E-state index in [0.29, 0.717) is 13.2 Å². The standard InChI is InChI=1S/C16H30N2O2S/c1-8-16(6,20-9-2)14-18-12(11-19-7)13(21-14)10-17-15(3,4)5/h17H,8-11H2,1-7H3. The zero-order chi connectivity index (χ0) is 16.1. The van der Waals surface area contributed by atoms with Crippen molar-refractivity contribution in [1.29, 1.82) is 0 Å². The minimum atomic E-state index is -0.304. The number of nitrogens with zero attached hydrogens (tertiary/aromatic N) is 1. The highest BCUT2D eigenvalue weighted by atomic mass is 32.1. The van der Waals surface area contributed by atoms with Crippen LogP contribution in [0.5, 0.6) is 0 Å². The maximum Gasteiger partial charge on any atom is 0.125 e. The maximum absolute atomic E-state index is 5.94. The molecule has 1 heterocycles. The van der Waals surface area contributed by atoms with Crippen LogP contribution < -0.4 is 5.32 Å². The van der Waals surface area contributed by atoms with E-state index in [4.69, 9.17) is 14.5 Å². The Morgan fingerprint density at radius 2 is 1.86 bits per heavy atom. The van der Waals surface area contributed by atoms with Gasteiger partial charge in [0.1, 0.15) is 10.6 Å². The number of hydrogen-bond acceptors (Lipinski definition) is 5. The minimum Gasteiger partial charge on any atom is -0.378 e. The van der Waals surface area contributed by atoms with Crippen molar-refractivity contribution in [2.75, 3.05) is 13.7 Å². The third-order valence-corrected chi connectivity index (χ3v) is 4.77. The molecule has 0 aliphatic heterocycles. The van der Waals surface area contributed by atoms with Crippen molar-refractivity contribution in [3.63, 3.8) is 0 Å². The van der Waals surface area contributed by atoms with E-state index in [2.05, 4.69) is 39.9 Å². The van der Waals surface area contributed by atoms with E-state index in [1.807, 2.05) is 6.92 Å². The van der Waals surface area contributed by atoms with Gasteiger partial charge < -0.3 is 14.8 Å². The first-order chi connectivity index (χ1) is 9.75. The minimum absolute atomic E-state index is 0.0858. The molecule has 0 saturated carbocycles. The highest BCUT2D eigenvalue weighted by Crippen LogP contribution is 2.34. The normalized spacial score (nSPS) is 15.2. The van der Waals surface area contributed by atoms with Gasteiger partial charge in [-0.05, 0) is 41.0 Å². The van der Waals surface area contributed by atoms with Crippen molar-refractivity contribution in [2.24, 2.45) is 0 Å². The molecule has 5 heteroatoms. The quantitative estimate of drug-likeness (QED) is 0.792. The fraction of sp³-hybridized carbons (Fsp3) is 0.812. The third kappa shape index (κ3) is 5.33. The lowest BCUT2D eigenvalue weighted by molar-refractivity contribution is -0.0326. The molecule has 1 unspecified atom stereocenters. The summed E-state index contributed by atoms with van der Waals surface area (Å²) in [7, 11) is 1.71. The third-order valence-electron chi connectivity index (χ3n) is 3.43. The van der Waals surface area contributed by atoms with Gasteiger partial charge in [-0.2, -0.15) is 0 Å². The lowest BCUT2D eigenvalue weighted by Crippen LogP contribution is -2.35. The lowest BCUT2D eigenvalue weighted by Gasteiger charge is -2.25. The van der Waals surface area contributed by atoms with Crippen molar-refractivity contribution in [1.82, 2.24) is 10.3 Å². The van der Waals surface area contributed by atoms with Gasteiger partial charge in [-0.25, -0.2) is 4.98 Å². The molecule has 0 saturated heterocycles. The van der Waals surface area contributed by atoms with E-state index in [1.54, 1.807) is 18.4 Å². The summed E-state index contributed by atoms with van der Waals surface area (Å²) in [6, 6.07) is 0. The largest absolute Gasteiger partial charge is 0.378 e. The summed E-state index contributed by atoms with van der Waals surface area (Å²) in [4.78, 5) is 6.03. The van der Waals surface area contributed by atoms with Gasteiger partial charge >= 0.3 is 0 Å². The number of ether oxygens (including phenoxy) is 2. The molecule has 1 atom stereocenters. The van der Waals surface area contributed by atoms with Crippen LogP contribution in [0.4, 0.5) is 0 Å². The molecule has 122 valence electrons. The Balaban J connectivity index is 3.02. The van der Waals surface area contributed by atoms with Crippen LogP contribution in [0, 0.1) is 0 Å². The lowest BCUT2D eigenvalue weighted by atomic mass is 10.0. The molecule has 1 rings (SSSR count). The SMILES string of the molecule is CCOC(C)(CC)c1nc(COC)c(CNC(C)(C)C)s1. The van der Waals surface area contributed by atoms with Crippen molar-refractivity contribution in [3.05, 3.63) is 15.6 Å². The number of thiazole rings is 1. The summed E-state index contributed by atoms with van der Waals surface area (Å²) in [5.74, 6) is 0. The zero-order valence-corrected chi connectivity index (χ0v) is 15.3. The molecule has 1 aromatic rings. The van der Waals surface area contributed by atoms with Gasteiger partial charge in [0.25, 0.3) is 0 Å². The number of methoxy groups -OCH3 is 1. The monoisotopic (exact) mass is 314 g/mol. The van der Waals surface area contributed by atoms with Crippen LogP contribution in [0.25, 0.3) is 0 Å². The fourth-order valence-corrected chi connectivity index (χ4v) is 3.15. The Morgan fingerprint density at radius 1 is 1.19 bits per heavy atom. The maximum atomic E-state index is 5.94. The molecule has 0 aliphatic carbocycles. The van der Waals surface area contributed by atoms with Gasteiger partial charge in [0.15, 0.2) is 0 Å². The molecule has 0 aromatic carbocycles. The Labute approximate surface area is 133 Å². The number of rotatable bonds is 8. The molecule has 21 heavy (non-hydrogen) atoms. The van der Waals surface area contributed by atoms with Crippen LogP contribution in [-0.2, 0) is 28.2 Å². The van der Waals surface area contributed by atoms with Gasteiger partial charge in [-0.1, -0.05) is 6.92 Å². The summed E-state index contributed by atoms with van der Waals surface area (Å²) in [6.45, 7) is 14.8. The first-order valence-electron chi connectivity index (χ1n) is 7.62. The molecule has 1 N–H and O–H groups in total. The van der Waals surface area contributed by atoms with Gasteiger partial charge in [-0.3, -0.25) is 0 Å². The predicted molar refractivity (Wildman–Crippen MR) is 88.7 cm³/mol. The second-order valence-electron chi connectivity index (χ2n) is 6.44. The summed E-state index contributed by atoms with van der Waals surface area (Å²) < 4.78 is 11.2. The summed E-state index contributed by atoms with van der Waals surface area (Å²) in [5.41, 5.74) is 0.804. The Bertz CT molecular complexity index is 440. The molecular formula is C16H30N2O2S. The Morgan fingerprint density at radius 3 is 2.33 bits per heavy atom. The molecule has 0 radical (unpaired) electrons. The molecule has 0 spiro atoms. The molecule has 0 amide bonds. The summed E-state index contributed by atoms with van der Waals surface area (Å²) in [6.07, 6.45) is 0.910. The van der Waals surface area contributed by atoms with Crippen molar-refractivity contribution in [2.45, 2.75) is 72.3 Å². The molecule has 0 bridgehead atoms. The van der Waals surface area contributed by atoms with Crippen LogP contribution in [0.15, 0.2) is 0 Å².